The normalized spacial score (nSPS) is 27.3. The standard InChI is InChI=1S/C18H26N2O/c1-12-8-13(2)14(3)20(10-12)11-18-16(9-19)15-6-4-5-7-17(15)21-18/h4-7,12-14H,8-11,19H2,1-3H3. The molecule has 21 heavy (non-hydrogen) atoms. The number of para-hydroxylation sites is 1. The molecule has 3 nitrogen and oxygen atoms in total. The molecule has 2 aromatic rings. The van der Waals surface area contributed by atoms with Crippen LogP contribution in [-0.2, 0) is 13.1 Å². The van der Waals surface area contributed by atoms with Gasteiger partial charge in [0.25, 0.3) is 0 Å². The molecule has 0 saturated carbocycles. The second-order valence-corrected chi connectivity index (χ2v) is 6.69. The van der Waals surface area contributed by atoms with E-state index in [4.69, 9.17) is 10.2 Å². The molecule has 3 heteroatoms. The predicted octanol–water partition coefficient (Wildman–Crippen LogP) is 3.76. The summed E-state index contributed by atoms with van der Waals surface area (Å²) in [4.78, 5) is 2.55. The fraction of sp³-hybridized carbons (Fsp3) is 0.556. The number of fused-ring (bicyclic) bond motifs is 1. The summed E-state index contributed by atoms with van der Waals surface area (Å²) in [5.74, 6) is 2.54. The highest BCUT2D eigenvalue weighted by Crippen LogP contribution is 2.31. The SMILES string of the molecule is CC1CC(C)C(C)N(Cc2oc3ccccc3c2CN)C1. The van der Waals surface area contributed by atoms with E-state index in [0.29, 0.717) is 12.6 Å². The van der Waals surface area contributed by atoms with E-state index >= 15 is 0 Å². The summed E-state index contributed by atoms with van der Waals surface area (Å²) in [5.41, 5.74) is 8.10. The lowest BCUT2D eigenvalue weighted by molar-refractivity contribution is 0.0670. The molecular formula is C18H26N2O. The zero-order valence-electron chi connectivity index (χ0n) is 13.3. The summed E-state index contributed by atoms with van der Waals surface area (Å²) in [7, 11) is 0. The fourth-order valence-corrected chi connectivity index (χ4v) is 3.73. The number of hydrogen-bond acceptors (Lipinski definition) is 3. The number of benzene rings is 1. The quantitative estimate of drug-likeness (QED) is 0.934. The van der Waals surface area contributed by atoms with E-state index in [-0.39, 0.29) is 0 Å². The van der Waals surface area contributed by atoms with Crippen LogP contribution in [0.4, 0.5) is 0 Å². The molecule has 3 unspecified atom stereocenters. The minimum Gasteiger partial charge on any atom is -0.459 e. The average Bonchev–Trinajstić information content (AvgIpc) is 2.81. The van der Waals surface area contributed by atoms with Crippen LogP contribution < -0.4 is 5.73 Å². The van der Waals surface area contributed by atoms with Gasteiger partial charge in [-0.05, 0) is 31.2 Å². The summed E-state index contributed by atoms with van der Waals surface area (Å²) in [6.45, 7) is 9.60. The van der Waals surface area contributed by atoms with Crippen molar-refractivity contribution in [2.24, 2.45) is 17.6 Å². The molecule has 3 rings (SSSR count). The maximum Gasteiger partial charge on any atom is 0.134 e. The first-order chi connectivity index (χ1) is 10.1. The molecule has 1 aliphatic rings. The van der Waals surface area contributed by atoms with Crippen LogP contribution in [-0.4, -0.2) is 17.5 Å². The van der Waals surface area contributed by atoms with Gasteiger partial charge in [0.2, 0.25) is 0 Å². The van der Waals surface area contributed by atoms with E-state index in [1.165, 1.54) is 17.4 Å². The van der Waals surface area contributed by atoms with Crippen LogP contribution in [0, 0.1) is 11.8 Å². The Morgan fingerprint density at radius 1 is 1.24 bits per heavy atom. The van der Waals surface area contributed by atoms with E-state index in [1.807, 2.05) is 12.1 Å². The molecular weight excluding hydrogens is 260 g/mol. The summed E-state index contributed by atoms with van der Waals surface area (Å²) >= 11 is 0. The minimum atomic E-state index is 0.541. The lowest BCUT2D eigenvalue weighted by atomic mass is 9.86. The number of nitrogens with two attached hydrogens (primary N) is 1. The van der Waals surface area contributed by atoms with Gasteiger partial charge in [0.1, 0.15) is 11.3 Å². The molecule has 0 amide bonds. The Bertz CT molecular complexity index is 619. The third kappa shape index (κ3) is 2.72. The van der Waals surface area contributed by atoms with Crippen molar-refractivity contribution in [2.45, 2.75) is 46.3 Å². The minimum absolute atomic E-state index is 0.541. The molecule has 0 aliphatic carbocycles. The van der Waals surface area contributed by atoms with Gasteiger partial charge in [-0.25, -0.2) is 0 Å². The second kappa shape index (κ2) is 5.82. The Kier molecular flexibility index (Phi) is 4.05. The number of hydrogen-bond donors (Lipinski definition) is 1. The van der Waals surface area contributed by atoms with Gasteiger partial charge >= 0.3 is 0 Å². The van der Waals surface area contributed by atoms with Crippen LogP contribution in [0.25, 0.3) is 11.0 Å². The van der Waals surface area contributed by atoms with Crippen molar-refractivity contribution in [2.75, 3.05) is 6.54 Å². The van der Waals surface area contributed by atoms with E-state index < -0.39 is 0 Å². The summed E-state index contributed by atoms with van der Waals surface area (Å²) in [6, 6.07) is 8.80. The molecule has 2 N–H and O–H groups in total. The van der Waals surface area contributed by atoms with Crippen LogP contribution in [0.2, 0.25) is 0 Å². The molecule has 114 valence electrons. The first-order valence-electron chi connectivity index (χ1n) is 8.03. The maximum atomic E-state index is 6.09. The smallest absolute Gasteiger partial charge is 0.134 e. The molecule has 1 aromatic heterocycles. The van der Waals surface area contributed by atoms with E-state index in [1.54, 1.807) is 0 Å². The molecule has 1 fully saturated rings. The number of likely N-dealkylation sites (tertiary alicyclic amines) is 1. The Labute approximate surface area is 127 Å². The maximum absolute atomic E-state index is 6.09. The number of furan rings is 1. The van der Waals surface area contributed by atoms with Crippen molar-refractivity contribution in [3.05, 3.63) is 35.6 Å². The lowest BCUT2D eigenvalue weighted by Gasteiger charge is -2.40. The van der Waals surface area contributed by atoms with Crippen molar-refractivity contribution < 1.29 is 4.42 Å². The number of piperidine rings is 1. The zero-order chi connectivity index (χ0) is 15.0. The van der Waals surface area contributed by atoms with Crippen molar-refractivity contribution in [3.63, 3.8) is 0 Å². The van der Waals surface area contributed by atoms with Gasteiger partial charge in [-0.2, -0.15) is 0 Å². The fourth-order valence-electron chi connectivity index (χ4n) is 3.73. The van der Waals surface area contributed by atoms with Crippen LogP contribution in [0.15, 0.2) is 28.7 Å². The van der Waals surface area contributed by atoms with Crippen LogP contribution in [0.1, 0.15) is 38.5 Å². The van der Waals surface area contributed by atoms with Crippen LogP contribution >= 0.6 is 0 Å². The van der Waals surface area contributed by atoms with Gasteiger partial charge in [-0.1, -0.05) is 32.0 Å². The monoisotopic (exact) mass is 286 g/mol. The largest absolute Gasteiger partial charge is 0.459 e. The molecule has 0 bridgehead atoms. The van der Waals surface area contributed by atoms with Gasteiger partial charge in [0, 0.05) is 30.1 Å². The van der Waals surface area contributed by atoms with Crippen LogP contribution in [0.3, 0.4) is 0 Å². The Morgan fingerprint density at radius 3 is 2.76 bits per heavy atom. The molecule has 0 radical (unpaired) electrons. The van der Waals surface area contributed by atoms with Gasteiger partial charge < -0.3 is 10.2 Å². The summed E-state index contributed by atoms with van der Waals surface area (Å²) in [5, 5.41) is 1.17. The van der Waals surface area contributed by atoms with Gasteiger partial charge in [0.05, 0.1) is 6.54 Å². The third-order valence-corrected chi connectivity index (χ3v) is 5.05. The first-order valence-corrected chi connectivity index (χ1v) is 8.03. The highest BCUT2D eigenvalue weighted by Gasteiger charge is 2.30. The second-order valence-electron chi connectivity index (χ2n) is 6.69. The average molecular weight is 286 g/mol. The lowest BCUT2D eigenvalue weighted by Crippen LogP contribution is -2.45. The van der Waals surface area contributed by atoms with Gasteiger partial charge in [0.15, 0.2) is 0 Å². The molecule has 1 aliphatic heterocycles. The van der Waals surface area contributed by atoms with Crippen molar-refractivity contribution >= 4 is 11.0 Å². The van der Waals surface area contributed by atoms with Crippen molar-refractivity contribution in [1.82, 2.24) is 4.90 Å². The summed E-state index contributed by atoms with van der Waals surface area (Å²) < 4.78 is 6.09. The molecule has 2 heterocycles. The van der Waals surface area contributed by atoms with Crippen molar-refractivity contribution in [3.8, 4) is 0 Å². The highest BCUT2D eigenvalue weighted by molar-refractivity contribution is 5.82. The highest BCUT2D eigenvalue weighted by atomic mass is 16.3. The third-order valence-electron chi connectivity index (χ3n) is 5.05. The molecule has 1 saturated heterocycles. The predicted molar refractivity (Wildman–Crippen MR) is 86.9 cm³/mol. The molecule has 3 atom stereocenters. The van der Waals surface area contributed by atoms with E-state index in [2.05, 4.69) is 37.8 Å². The zero-order valence-corrected chi connectivity index (χ0v) is 13.3. The van der Waals surface area contributed by atoms with Crippen molar-refractivity contribution in [1.29, 1.82) is 0 Å². The Hall–Kier alpha value is -1.32. The molecule has 0 spiro atoms. The van der Waals surface area contributed by atoms with Gasteiger partial charge in [-0.3, -0.25) is 4.90 Å². The van der Waals surface area contributed by atoms with Gasteiger partial charge in [-0.15, -0.1) is 0 Å². The number of nitrogens with zero attached hydrogens (tertiary/aromatic N) is 1. The first kappa shape index (κ1) is 14.6. The topological polar surface area (TPSA) is 42.4 Å². The molecule has 1 aromatic carbocycles. The summed E-state index contributed by atoms with van der Waals surface area (Å²) in [6.07, 6.45) is 1.32. The number of rotatable bonds is 3. The van der Waals surface area contributed by atoms with E-state index in [9.17, 15) is 0 Å². The van der Waals surface area contributed by atoms with E-state index in [0.717, 1.165) is 36.3 Å². The Morgan fingerprint density at radius 2 is 2.00 bits per heavy atom. The van der Waals surface area contributed by atoms with Crippen LogP contribution in [0.5, 0.6) is 0 Å². The Balaban J connectivity index is 1.90.